The van der Waals surface area contributed by atoms with Gasteiger partial charge in [0.1, 0.15) is 17.1 Å². The fourth-order valence-corrected chi connectivity index (χ4v) is 4.81. The highest BCUT2D eigenvalue weighted by molar-refractivity contribution is 5.77. The highest BCUT2D eigenvalue weighted by Gasteiger charge is 2.53. The average Bonchev–Trinajstić information content (AvgIpc) is 2.71. The number of rotatable bonds is 4. The van der Waals surface area contributed by atoms with Gasteiger partial charge in [-0.3, -0.25) is 14.7 Å². The number of carboxylic acid groups (broad SMARTS) is 1. The predicted molar refractivity (Wildman–Crippen MR) is 103 cm³/mol. The highest BCUT2D eigenvalue weighted by Crippen LogP contribution is 2.43. The Morgan fingerprint density at radius 3 is 2.96 bits per heavy atom. The quantitative estimate of drug-likeness (QED) is 0.874. The van der Waals surface area contributed by atoms with Crippen molar-refractivity contribution in [1.82, 2.24) is 14.9 Å². The maximum atomic E-state index is 14.3. The number of carboxylic acids is 1. The Morgan fingerprint density at radius 2 is 2.21 bits per heavy atom. The fraction of sp³-hybridized carbons (Fsp3) is 0.476. The van der Waals surface area contributed by atoms with E-state index >= 15 is 0 Å². The maximum Gasteiger partial charge on any atom is 0.313 e. The van der Waals surface area contributed by atoms with Crippen LogP contribution in [0.2, 0.25) is 0 Å². The van der Waals surface area contributed by atoms with Gasteiger partial charge in [0.25, 0.3) is 0 Å². The monoisotopic (exact) mass is 384 g/mol. The van der Waals surface area contributed by atoms with E-state index in [1.54, 1.807) is 24.7 Å². The van der Waals surface area contributed by atoms with Crippen molar-refractivity contribution in [3.8, 4) is 0 Å². The second kappa shape index (κ2) is 7.47. The van der Waals surface area contributed by atoms with Crippen LogP contribution >= 0.6 is 0 Å². The summed E-state index contributed by atoms with van der Waals surface area (Å²) in [6.45, 7) is 4.29. The first-order valence-electron chi connectivity index (χ1n) is 9.73. The smallest absolute Gasteiger partial charge is 0.313 e. The number of aryl methyl sites for hydroxylation is 1. The number of fused-ring (bicyclic) bond motifs is 1. The lowest BCUT2D eigenvalue weighted by Gasteiger charge is -2.53. The molecule has 0 saturated carbocycles. The molecule has 6 nitrogen and oxygen atoms in total. The van der Waals surface area contributed by atoms with E-state index in [-0.39, 0.29) is 11.9 Å². The molecule has 0 bridgehead atoms. The molecule has 148 valence electrons. The van der Waals surface area contributed by atoms with Crippen LogP contribution in [0.5, 0.6) is 0 Å². The molecule has 3 heterocycles. The summed E-state index contributed by atoms with van der Waals surface area (Å²) in [5, 5.41) is 10.2. The van der Waals surface area contributed by atoms with Crippen molar-refractivity contribution in [2.45, 2.75) is 38.8 Å². The molecule has 2 atom stereocenters. The van der Waals surface area contributed by atoms with E-state index in [1.807, 2.05) is 17.9 Å². The zero-order chi connectivity index (χ0) is 19.7. The molecule has 1 N–H and O–H groups in total. The van der Waals surface area contributed by atoms with Crippen LogP contribution in [0.25, 0.3) is 0 Å². The first-order chi connectivity index (χ1) is 13.5. The van der Waals surface area contributed by atoms with Crippen LogP contribution in [0.4, 0.5) is 10.2 Å². The third-order valence-corrected chi connectivity index (χ3v) is 6.17. The van der Waals surface area contributed by atoms with Gasteiger partial charge < -0.3 is 10.0 Å². The van der Waals surface area contributed by atoms with E-state index < -0.39 is 11.4 Å². The Bertz CT molecular complexity index is 863. The lowest BCUT2D eigenvalue weighted by molar-refractivity contribution is -0.158. The molecule has 2 fully saturated rings. The van der Waals surface area contributed by atoms with Gasteiger partial charge in [0, 0.05) is 43.6 Å². The summed E-state index contributed by atoms with van der Waals surface area (Å²) >= 11 is 0. The molecule has 0 aliphatic carbocycles. The largest absolute Gasteiger partial charge is 0.481 e. The molecule has 4 rings (SSSR count). The van der Waals surface area contributed by atoms with Crippen LogP contribution in [0.3, 0.4) is 0 Å². The fourth-order valence-electron chi connectivity index (χ4n) is 4.81. The lowest BCUT2D eigenvalue weighted by Crippen LogP contribution is -2.64. The first kappa shape index (κ1) is 18.8. The van der Waals surface area contributed by atoms with Gasteiger partial charge in [-0.1, -0.05) is 17.7 Å². The molecule has 1 aromatic heterocycles. The molecule has 0 amide bonds. The van der Waals surface area contributed by atoms with Gasteiger partial charge in [-0.05, 0) is 38.8 Å². The van der Waals surface area contributed by atoms with E-state index in [9.17, 15) is 14.3 Å². The minimum absolute atomic E-state index is 0.119. The molecule has 2 aromatic rings. The summed E-state index contributed by atoms with van der Waals surface area (Å²) in [5.74, 6) is -0.293. The molecule has 0 unspecified atom stereocenters. The number of halogens is 1. The van der Waals surface area contributed by atoms with E-state index in [4.69, 9.17) is 0 Å². The molecule has 7 heteroatoms. The summed E-state index contributed by atoms with van der Waals surface area (Å²) < 4.78 is 14.3. The first-order valence-corrected chi connectivity index (χ1v) is 9.73. The molecular formula is C21H25FN4O2. The van der Waals surface area contributed by atoms with E-state index in [0.29, 0.717) is 43.9 Å². The van der Waals surface area contributed by atoms with Gasteiger partial charge in [-0.2, -0.15) is 0 Å². The lowest BCUT2D eigenvalue weighted by atomic mass is 9.69. The van der Waals surface area contributed by atoms with Gasteiger partial charge >= 0.3 is 5.97 Å². The van der Waals surface area contributed by atoms with Crippen molar-refractivity contribution >= 4 is 11.8 Å². The summed E-state index contributed by atoms with van der Waals surface area (Å²) in [6.07, 6.45) is 7.03. The normalized spacial score (nSPS) is 25.4. The van der Waals surface area contributed by atoms with Gasteiger partial charge in [0.05, 0.1) is 6.20 Å². The number of aliphatic carboxylic acids is 1. The van der Waals surface area contributed by atoms with Gasteiger partial charge in [0.2, 0.25) is 0 Å². The molecular weight excluding hydrogens is 359 g/mol. The second-order valence-electron chi connectivity index (χ2n) is 7.92. The zero-order valence-electron chi connectivity index (χ0n) is 16.0. The average molecular weight is 384 g/mol. The summed E-state index contributed by atoms with van der Waals surface area (Å²) in [4.78, 5) is 25.1. The number of hydrogen-bond acceptors (Lipinski definition) is 5. The SMILES string of the molecule is Cc1ccc(F)c(CN2CCC[C@]3(C(=O)O)CN(c4cnccn4)CC[C@@H]23)c1. The number of carbonyl (C=O) groups is 1. The van der Waals surface area contributed by atoms with Crippen LogP contribution < -0.4 is 4.90 Å². The standard InChI is InChI=1S/C21H25FN4O2/c1-15-3-4-17(22)16(11-15)13-25-9-2-6-21(20(27)28)14-26(10-5-18(21)25)19-12-23-7-8-24-19/h3-4,7-8,11-12,18H,2,5-6,9-10,13-14H2,1H3,(H,27,28)/t18-,21+/m1/s1. The number of likely N-dealkylation sites (tertiary alicyclic amines) is 1. The van der Waals surface area contributed by atoms with Crippen molar-refractivity contribution in [3.05, 3.63) is 53.7 Å². The Kier molecular flexibility index (Phi) is 5.02. The Balaban J connectivity index is 1.61. The number of aromatic nitrogens is 2. The van der Waals surface area contributed by atoms with Gasteiger partial charge in [0.15, 0.2) is 0 Å². The second-order valence-corrected chi connectivity index (χ2v) is 7.92. The molecule has 2 saturated heterocycles. The van der Waals surface area contributed by atoms with Crippen molar-refractivity contribution in [2.24, 2.45) is 5.41 Å². The van der Waals surface area contributed by atoms with Crippen molar-refractivity contribution in [2.75, 3.05) is 24.5 Å². The van der Waals surface area contributed by atoms with Gasteiger partial charge in [-0.15, -0.1) is 0 Å². The van der Waals surface area contributed by atoms with Crippen molar-refractivity contribution in [1.29, 1.82) is 0 Å². The van der Waals surface area contributed by atoms with Crippen LogP contribution in [0.15, 0.2) is 36.8 Å². The molecule has 2 aliphatic heterocycles. The third kappa shape index (κ3) is 3.35. The topological polar surface area (TPSA) is 69.6 Å². The van der Waals surface area contributed by atoms with E-state index in [0.717, 1.165) is 18.5 Å². The Morgan fingerprint density at radius 1 is 1.36 bits per heavy atom. The number of benzene rings is 1. The van der Waals surface area contributed by atoms with E-state index in [1.165, 1.54) is 6.07 Å². The Hall–Kier alpha value is -2.54. The van der Waals surface area contributed by atoms with E-state index in [2.05, 4.69) is 14.9 Å². The minimum Gasteiger partial charge on any atom is -0.481 e. The zero-order valence-corrected chi connectivity index (χ0v) is 16.0. The van der Waals surface area contributed by atoms with Gasteiger partial charge in [-0.25, -0.2) is 9.37 Å². The van der Waals surface area contributed by atoms with Crippen LogP contribution in [-0.4, -0.2) is 51.6 Å². The van der Waals surface area contributed by atoms with Crippen molar-refractivity contribution < 1.29 is 14.3 Å². The number of hydrogen-bond donors (Lipinski definition) is 1. The number of nitrogens with zero attached hydrogens (tertiary/aromatic N) is 4. The summed E-state index contributed by atoms with van der Waals surface area (Å²) in [7, 11) is 0. The molecule has 2 aliphatic rings. The third-order valence-electron chi connectivity index (χ3n) is 6.17. The molecule has 0 spiro atoms. The summed E-state index contributed by atoms with van der Waals surface area (Å²) in [5.41, 5.74) is 0.766. The summed E-state index contributed by atoms with van der Waals surface area (Å²) in [6, 6.07) is 5.00. The number of piperidine rings is 2. The number of anilines is 1. The van der Waals surface area contributed by atoms with Crippen molar-refractivity contribution in [3.63, 3.8) is 0 Å². The van der Waals surface area contributed by atoms with Crippen LogP contribution in [0.1, 0.15) is 30.4 Å². The molecule has 0 radical (unpaired) electrons. The van der Waals surface area contributed by atoms with Crippen LogP contribution in [-0.2, 0) is 11.3 Å². The molecule has 1 aromatic carbocycles. The highest BCUT2D eigenvalue weighted by atomic mass is 19.1. The minimum atomic E-state index is -0.881. The maximum absolute atomic E-state index is 14.3. The Labute approximate surface area is 164 Å². The van der Waals surface area contributed by atoms with Crippen LogP contribution in [0, 0.1) is 18.2 Å². The predicted octanol–water partition coefficient (Wildman–Crippen LogP) is 2.87. The molecule has 28 heavy (non-hydrogen) atoms.